The maximum absolute atomic E-state index is 13.3. The number of anilines is 1. The lowest BCUT2D eigenvalue weighted by atomic mass is 9.71. The Kier molecular flexibility index (Phi) is 3.29. The van der Waals surface area contributed by atoms with Crippen molar-refractivity contribution in [3.8, 4) is 0 Å². The molecule has 1 saturated heterocycles. The van der Waals surface area contributed by atoms with E-state index in [-0.39, 0.29) is 23.7 Å². The van der Waals surface area contributed by atoms with Gasteiger partial charge in [0, 0.05) is 16.6 Å². The van der Waals surface area contributed by atoms with Crippen LogP contribution >= 0.6 is 0 Å². The topological polar surface area (TPSA) is 53.2 Å². The number of aromatic amines is 1. The predicted molar refractivity (Wildman–Crippen MR) is 101 cm³/mol. The molecule has 0 unspecified atom stereocenters. The van der Waals surface area contributed by atoms with Crippen LogP contribution in [-0.4, -0.2) is 16.8 Å². The molecule has 1 fully saturated rings. The third-order valence-electron chi connectivity index (χ3n) is 6.02. The van der Waals surface area contributed by atoms with Crippen LogP contribution in [0.1, 0.15) is 30.5 Å². The lowest BCUT2D eigenvalue weighted by Crippen LogP contribution is -2.33. The monoisotopic (exact) mass is 344 g/mol. The first-order chi connectivity index (χ1) is 12.7. The van der Waals surface area contributed by atoms with E-state index >= 15 is 0 Å². The van der Waals surface area contributed by atoms with Crippen LogP contribution in [0.2, 0.25) is 0 Å². The maximum atomic E-state index is 13.3. The minimum atomic E-state index is -0.399. The number of para-hydroxylation sites is 2. The van der Waals surface area contributed by atoms with E-state index in [1.165, 1.54) is 15.8 Å². The Bertz CT molecular complexity index is 1020. The molecule has 2 aromatic carbocycles. The van der Waals surface area contributed by atoms with Crippen molar-refractivity contribution in [3.05, 3.63) is 65.9 Å². The number of benzene rings is 2. The summed E-state index contributed by atoms with van der Waals surface area (Å²) >= 11 is 0. The minimum absolute atomic E-state index is 0.0534. The van der Waals surface area contributed by atoms with Gasteiger partial charge in [0.25, 0.3) is 0 Å². The van der Waals surface area contributed by atoms with E-state index in [1.807, 2.05) is 48.5 Å². The second kappa shape index (κ2) is 5.56. The Balaban J connectivity index is 1.70. The van der Waals surface area contributed by atoms with Crippen molar-refractivity contribution >= 4 is 28.4 Å². The molecule has 3 atom stereocenters. The van der Waals surface area contributed by atoms with Gasteiger partial charge in [-0.1, -0.05) is 49.7 Å². The Morgan fingerprint density at radius 3 is 2.50 bits per heavy atom. The largest absolute Gasteiger partial charge is 0.357 e. The number of hydrogen-bond acceptors (Lipinski definition) is 2. The summed E-state index contributed by atoms with van der Waals surface area (Å²) in [5, 5.41) is 1.18. The standard InChI is InChI=1S/C22H20N2O2/c1-2-13-12-16-15-10-6-7-11-17(15)23-20(16)19-18(13)21(25)24(22(19)26)14-8-4-3-5-9-14/h3-11,13,18-19,23H,2,12H2,1H3/t13-,18-,19-/m1/s1. The summed E-state index contributed by atoms with van der Waals surface area (Å²) in [6.45, 7) is 2.12. The van der Waals surface area contributed by atoms with Crippen molar-refractivity contribution in [2.24, 2.45) is 11.8 Å². The normalized spacial score (nSPS) is 24.8. The number of rotatable bonds is 2. The molecule has 1 aromatic heterocycles. The van der Waals surface area contributed by atoms with E-state index in [9.17, 15) is 9.59 Å². The van der Waals surface area contributed by atoms with Crippen LogP contribution in [0.25, 0.3) is 10.9 Å². The van der Waals surface area contributed by atoms with E-state index in [4.69, 9.17) is 0 Å². The number of nitrogens with zero attached hydrogens (tertiary/aromatic N) is 1. The summed E-state index contributed by atoms with van der Waals surface area (Å²) in [7, 11) is 0. The van der Waals surface area contributed by atoms with Crippen LogP contribution in [-0.2, 0) is 16.0 Å². The van der Waals surface area contributed by atoms with Crippen molar-refractivity contribution in [3.63, 3.8) is 0 Å². The SMILES string of the molecule is CC[C@@H]1Cc2c([nH]c3ccccc23)[C@@H]2C(=O)N(c3ccccc3)C(=O)[C@H]12. The van der Waals surface area contributed by atoms with Crippen LogP contribution in [0.3, 0.4) is 0 Å². The van der Waals surface area contributed by atoms with Gasteiger partial charge >= 0.3 is 0 Å². The molecule has 1 aliphatic heterocycles. The van der Waals surface area contributed by atoms with Gasteiger partial charge in [0.15, 0.2) is 0 Å². The van der Waals surface area contributed by atoms with Gasteiger partial charge < -0.3 is 4.98 Å². The van der Waals surface area contributed by atoms with Crippen molar-refractivity contribution in [1.82, 2.24) is 4.98 Å². The molecule has 4 heteroatoms. The van der Waals surface area contributed by atoms with Gasteiger partial charge in [-0.25, -0.2) is 4.90 Å². The molecule has 0 radical (unpaired) electrons. The Labute approximate surface area is 151 Å². The molecule has 1 N–H and O–H groups in total. The number of H-pyrrole nitrogens is 1. The van der Waals surface area contributed by atoms with Gasteiger partial charge in [0.1, 0.15) is 0 Å². The third-order valence-corrected chi connectivity index (χ3v) is 6.02. The molecule has 5 rings (SSSR count). The quantitative estimate of drug-likeness (QED) is 0.714. The van der Waals surface area contributed by atoms with Gasteiger partial charge in [-0.15, -0.1) is 0 Å². The smallest absolute Gasteiger partial charge is 0.243 e. The first-order valence-electron chi connectivity index (χ1n) is 9.23. The van der Waals surface area contributed by atoms with E-state index in [0.717, 1.165) is 24.1 Å². The number of nitrogens with one attached hydrogen (secondary N) is 1. The molecular weight excluding hydrogens is 324 g/mol. The van der Waals surface area contributed by atoms with Crippen LogP contribution in [0.4, 0.5) is 5.69 Å². The average molecular weight is 344 g/mol. The number of fused-ring (bicyclic) bond motifs is 5. The Morgan fingerprint density at radius 2 is 1.73 bits per heavy atom. The summed E-state index contributed by atoms with van der Waals surface area (Å²) in [5.41, 5.74) is 3.87. The van der Waals surface area contributed by atoms with Crippen molar-refractivity contribution < 1.29 is 9.59 Å². The lowest BCUT2D eigenvalue weighted by Gasteiger charge is -2.30. The number of imide groups is 1. The van der Waals surface area contributed by atoms with Gasteiger partial charge in [-0.3, -0.25) is 9.59 Å². The Morgan fingerprint density at radius 1 is 1.00 bits per heavy atom. The number of hydrogen-bond donors (Lipinski definition) is 1. The second-order valence-electron chi connectivity index (χ2n) is 7.29. The molecule has 4 nitrogen and oxygen atoms in total. The van der Waals surface area contributed by atoms with Crippen LogP contribution < -0.4 is 4.90 Å². The molecule has 0 spiro atoms. The predicted octanol–water partition coefficient (Wildman–Crippen LogP) is 4.02. The molecule has 2 amide bonds. The average Bonchev–Trinajstić information content (AvgIpc) is 3.17. The number of amides is 2. The molecule has 0 bridgehead atoms. The number of aromatic nitrogens is 1. The summed E-state index contributed by atoms with van der Waals surface area (Å²) in [6.07, 6.45) is 1.74. The fraction of sp³-hybridized carbons (Fsp3) is 0.273. The highest BCUT2D eigenvalue weighted by Crippen LogP contribution is 2.49. The van der Waals surface area contributed by atoms with Crippen molar-refractivity contribution in [2.45, 2.75) is 25.7 Å². The summed E-state index contributed by atoms with van der Waals surface area (Å²) in [6, 6.07) is 17.5. The van der Waals surface area contributed by atoms with E-state index in [2.05, 4.69) is 18.0 Å². The first-order valence-corrected chi connectivity index (χ1v) is 9.23. The lowest BCUT2D eigenvalue weighted by molar-refractivity contribution is -0.123. The molecule has 130 valence electrons. The molecule has 3 aromatic rings. The van der Waals surface area contributed by atoms with Gasteiger partial charge in [-0.2, -0.15) is 0 Å². The highest BCUT2D eigenvalue weighted by molar-refractivity contribution is 6.24. The third kappa shape index (κ3) is 1.96. The molecule has 2 heterocycles. The molecule has 2 aliphatic rings. The summed E-state index contributed by atoms with van der Waals surface area (Å²) in [5.74, 6) is -0.631. The highest BCUT2D eigenvalue weighted by atomic mass is 16.2. The fourth-order valence-corrected chi connectivity index (χ4v) is 4.80. The Hall–Kier alpha value is -2.88. The molecular formula is C22H20N2O2. The summed E-state index contributed by atoms with van der Waals surface area (Å²) < 4.78 is 0. The molecule has 0 saturated carbocycles. The zero-order valence-electron chi connectivity index (χ0n) is 14.6. The van der Waals surface area contributed by atoms with Crippen molar-refractivity contribution in [1.29, 1.82) is 0 Å². The molecule has 1 aliphatic carbocycles. The first kappa shape index (κ1) is 15.4. The van der Waals surface area contributed by atoms with E-state index in [1.54, 1.807) is 0 Å². The van der Waals surface area contributed by atoms with Gasteiger partial charge in [0.05, 0.1) is 17.5 Å². The van der Waals surface area contributed by atoms with E-state index in [0.29, 0.717) is 5.69 Å². The fourth-order valence-electron chi connectivity index (χ4n) is 4.80. The van der Waals surface area contributed by atoms with Crippen LogP contribution in [0.5, 0.6) is 0 Å². The zero-order valence-corrected chi connectivity index (χ0v) is 14.6. The number of carbonyl (C=O) groups excluding carboxylic acids is 2. The second-order valence-corrected chi connectivity index (χ2v) is 7.29. The van der Waals surface area contributed by atoms with Gasteiger partial charge in [0.2, 0.25) is 11.8 Å². The highest BCUT2D eigenvalue weighted by Gasteiger charge is 2.55. The molecule has 26 heavy (non-hydrogen) atoms. The van der Waals surface area contributed by atoms with Crippen molar-refractivity contribution in [2.75, 3.05) is 4.90 Å². The van der Waals surface area contributed by atoms with Crippen LogP contribution in [0.15, 0.2) is 54.6 Å². The van der Waals surface area contributed by atoms with Crippen LogP contribution in [0, 0.1) is 11.8 Å². The zero-order chi connectivity index (χ0) is 17.8. The van der Waals surface area contributed by atoms with E-state index < -0.39 is 5.92 Å². The van der Waals surface area contributed by atoms with Gasteiger partial charge in [-0.05, 0) is 36.1 Å². The maximum Gasteiger partial charge on any atom is 0.243 e. The summed E-state index contributed by atoms with van der Waals surface area (Å²) in [4.78, 5) is 31.4. The number of carbonyl (C=O) groups is 2. The minimum Gasteiger partial charge on any atom is -0.357 e.